The standard InChI is InChI=1S/C30H29N3O3/c1-17-13-22(34)24-23(14-17)36-26(32)21(15-31)30(24)20-12-8-11-19-25(20)33(27(30)35)28(2,3)16-29(19,4)18-9-6-5-7-10-18/h5-12,17H,13-14,16,32H2,1-4H3/t17-,29-,30-/m0/s1. The Balaban J connectivity index is 1.73. The van der Waals surface area contributed by atoms with Gasteiger partial charge in [0.25, 0.3) is 0 Å². The van der Waals surface area contributed by atoms with Crippen molar-refractivity contribution >= 4 is 17.4 Å². The van der Waals surface area contributed by atoms with E-state index in [9.17, 15) is 14.9 Å². The van der Waals surface area contributed by atoms with Gasteiger partial charge in [-0.05, 0) is 37.3 Å². The molecule has 36 heavy (non-hydrogen) atoms. The van der Waals surface area contributed by atoms with Crippen LogP contribution < -0.4 is 10.6 Å². The molecule has 6 rings (SSSR count). The number of fused-ring (bicyclic) bond motifs is 2. The van der Waals surface area contributed by atoms with Gasteiger partial charge >= 0.3 is 0 Å². The highest BCUT2D eigenvalue weighted by Gasteiger charge is 2.66. The van der Waals surface area contributed by atoms with Gasteiger partial charge in [-0.3, -0.25) is 9.59 Å². The van der Waals surface area contributed by atoms with Crippen LogP contribution in [-0.2, 0) is 25.2 Å². The molecule has 2 aromatic carbocycles. The largest absolute Gasteiger partial charge is 0.444 e. The first-order chi connectivity index (χ1) is 17.1. The van der Waals surface area contributed by atoms with E-state index in [1.807, 2.05) is 42.2 Å². The maximum Gasteiger partial charge on any atom is 0.248 e. The summed E-state index contributed by atoms with van der Waals surface area (Å²) in [5.41, 5.74) is 7.67. The van der Waals surface area contributed by atoms with Gasteiger partial charge in [0.1, 0.15) is 22.8 Å². The summed E-state index contributed by atoms with van der Waals surface area (Å²) in [6.45, 7) is 8.31. The van der Waals surface area contributed by atoms with Gasteiger partial charge in [-0.15, -0.1) is 0 Å². The number of allylic oxidation sites excluding steroid dienone is 1. The molecule has 6 nitrogen and oxygen atoms in total. The number of anilines is 1. The van der Waals surface area contributed by atoms with Crippen molar-refractivity contribution in [1.82, 2.24) is 0 Å². The van der Waals surface area contributed by atoms with E-state index >= 15 is 0 Å². The van der Waals surface area contributed by atoms with Gasteiger partial charge in [0, 0.05) is 29.4 Å². The van der Waals surface area contributed by atoms with Crippen LogP contribution in [0.15, 0.2) is 71.3 Å². The number of benzene rings is 2. The second-order valence-corrected chi connectivity index (χ2v) is 11.5. The van der Waals surface area contributed by atoms with Gasteiger partial charge in [-0.2, -0.15) is 5.26 Å². The summed E-state index contributed by atoms with van der Waals surface area (Å²) in [6.07, 6.45) is 1.47. The minimum Gasteiger partial charge on any atom is -0.444 e. The molecule has 6 heteroatoms. The SMILES string of the molecule is C[C@H]1CC(=O)C2=C(C1)OC(N)=C(C#N)[C@]21C(=O)N2c3c1cccc3[C@](C)(c1ccccc1)CC2(C)C. The summed E-state index contributed by atoms with van der Waals surface area (Å²) in [6, 6.07) is 18.4. The van der Waals surface area contributed by atoms with Crippen molar-refractivity contribution in [2.75, 3.05) is 4.90 Å². The molecule has 0 saturated heterocycles. The second-order valence-electron chi connectivity index (χ2n) is 11.5. The Kier molecular flexibility index (Phi) is 4.46. The summed E-state index contributed by atoms with van der Waals surface area (Å²) in [5, 5.41) is 10.3. The number of Topliss-reactive ketones (excluding diaryl/α,β-unsaturated/α-hetero) is 1. The van der Waals surface area contributed by atoms with Crippen LogP contribution in [0.1, 0.15) is 63.6 Å². The predicted molar refractivity (Wildman–Crippen MR) is 136 cm³/mol. The lowest BCUT2D eigenvalue weighted by molar-refractivity contribution is -0.126. The van der Waals surface area contributed by atoms with Crippen LogP contribution in [0.3, 0.4) is 0 Å². The highest BCUT2D eigenvalue weighted by atomic mass is 16.5. The fraction of sp³-hybridized carbons (Fsp3) is 0.367. The molecule has 1 aliphatic carbocycles. The molecule has 0 bridgehead atoms. The molecule has 0 aromatic heterocycles. The van der Waals surface area contributed by atoms with Crippen LogP contribution in [0.5, 0.6) is 0 Å². The molecule has 0 fully saturated rings. The lowest BCUT2D eigenvalue weighted by atomic mass is 9.63. The molecule has 4 aliphatic rings. The Labute approximate surface area is 211 Å². The minimum atomic E-state index is -1.59. The van der Waals surface area contributed by atoms with Crippen LogP contribution >= 0.6 is 0 Å². The van der Waals surface area contributed by atoms with Gasteiger partial charge in [0.05, 0.1) is 11.3 Å². The number of nitrogens with two attached hydrogens (primary N) is 1. The molecule has 3 heterocycles. The van der Waals surface area contributed by atoms with Crippen molar-refractivity contribution in [3.63, 3.8) is 0 Å². The monoisotopic (exact) mass is 479 g/mol. The van der Waals surface area contributed by atoms with Crippen LogP contribution in [0, 0.1) is 17.2 Å². The number of amides is 1. The van der Waals surface area contributed by atoms with Crippen molar-refractivity contribution in [1.29, 1.82) is 5.26 Å². The van der Waals surface area contributed by atoms with Crippen LogP contribution in [-0.4, -0.2) is 17.2 Å². The molecule has 0 unspecified atom stereocenters. The van der Waals surface area contributed by atoms with E-state index in [0.29, 0.717) is 30.6 Å². The Morgan fingerprint density at radius 2 is 1.72 bits per heavy atom. The number of nitrogens with zero attached hydrogens (tertiary/aromatic N) is 2. The number of hydrogen-bond acceptors (Lipinski definition) is 5. The molecule has 1 amide bonds. The molecule has 0 saturated carbocycles. The van der Waals surface area contributed by atoms with Gasteiger partial charge in [0.2, 0.25) is 11.8 Å². The van der Waals surface area contributed by atoms with E-state index in [1.54, 1.807) is 0 Å². The number of carbonyl (C=O) groups is 2. The normalized spacial score (nSPS) is 30.2. The lowest BCUT2D eigenvalue weighted by Crippen LogP contribution is -2.58. The fourth-order valence-electron chi connectivity index (χ4n) is 7.29. The number of ketones is 1. The zero-order valence-electron chi connectivity index (χ0n) is 21.0. The van der Waals surface area contributed by atoms with Crippen molar-refractivity contribution < 1.29 is 14.3 Å². The number of carbonyl (C=O) groups excluding carboxylic acids is 2. The average molecular weight is 480 g/mol. The van der Waals surface area contributed by atoms with Gasteiger partial charge < -0.3 is 15.4 Å². The summed E-state index contributed by atoms with van der Waals surface area (Å²) >= 11 is 0. The van der Waals surface area contributed by atoms with E-state index in [1.165, 1.54) is 0 Å². The second kappa shape index (κ2) is 7.10. The third-order valence-corrected chi connectivity index (χ3v) is 8.55. The number of hydrogen-bond donors (Lipinski definition) is 1. The molecule has 1 spiro atoms. The highest BCUT2D eigenvalue weighted by Crippen LogP contribution is 2.62. The third kappa shape index (κ3) is 2.55. The van der Waals surface area contributed by atoms with E-state index < -0.39 is 11.0 Å². The Bertz CT molecular complexity index is 1460. The summed E-state index contributed by atoms with van der Waals surface area (Å²) in [5.74, 6) is -0.0457. The first-order valence-corrected chi connectivity index (χ1v) is 12.5. The summed E-state index contributed by atoms with van der Waals surface area (Å²) in [7, 11) is 0. The topological polar surface area (TPSA) is 96.4 Å². The average Bonchev–Trinajstić information content (AvgIpc) is 3.07. The van der Waals surface area contributed by atoms with Crippen molar-refractivity contribution in [3.05, 3.63) is 88.0 Å². The molecule has 182 valence electrons. The van der Waals surface area contributed by atoms with E-state index in [-0.39, 0.29) is 40.1 Å². The first kappa shape index (κ1) is 22.6. The fourth-order valence-corrected chi connectivity index (χ4v) is 7.29. The summed E-state index contributed by atoms with van der Waals surface area (Å²) < 4.78 is 5.88. The number of nitriles is 1. The summed E-state index contributed by atoms with van der Waals surface area (Å²) in [4.78, 5) is 30.2. The lowest BCUT2D eigenvalue weighted by Gasteiger charge is -2.50. The molecule has 0 radical (unpaired) electrons. The van der Waals surface area contributed by atoms with Crippen molar-refractivity contribution in [2.45, 2.75) is 63.3 Å². The maximum atomic E-state index is 14.8. The number of para-hydroxylation sites is 1. The smallest absolute Gasteiger partial charge is 0.248 e. The zero-order chi connectivity index (χ0) is 25.6. The molecule has 2 N–H and O–H groups in total. The van der Waals surface area contributed by atoms with Gasteiger partial charge in [-0.25, -0.2) is 0 Å². The van der Waals surface area contributed by atoms with Gasteiger partial charge in [-0.1, -0.05) is 62.4 Å². The molecule has 2 aromatic rings. The molecule has 3 atom stereocenters. The van der Waals surface area contributed by atoms with Crippen molar-refractivity contribution in [3.8, 4) is 6.07 Å². The Morgan fingerprint density at radius 3 is 2.42 bits per heavy atom. The minimum absolute atomic E-state index is 0.00849. The van der Waals surface area contributed by atoms with Crippen LogP contribution in [0.4, 0.5) is 5.69 Å². The van der Waals surface area contributed by atoms with E-state index in [0.717, 1.165) is 16.8 Å². The Hall–Kier alpha value is -3.85. The van der Waals surface area contributed by atoms with Crippen LogP contribution in [0.2, 0.25) is 0 Å². The molecular weight excluding hydrogens is 450 g/mol. The van der Waals surface area contributed by atoms with Crippen molar-refractivity contribution in [2.24, 2.45) is 11.7 Å². The third-order valence-electron chi connectivity index (χ3n) is 8.55. The molecule has 3 aliphatic heterocycles. The highest BCUT2D eigenvalue weighted by molar-refractivity contribution is 6.21. The number of ether oxygens (including phenoxy) is 1. The molecular formula is C30H29N3O3. The predicted octanol–water partition coefficient (Wildman–Crippen LogP) is 4.74. The number of rotatable bonds is 1. The Morgan fingerprint density at radius 1 is 1.03 bits per heavy atom. The van der Waals surface area contributed by atoms with E-state index in [4.69, 9.17) is 10.5 Å². The van der Waals surface area contributed by atoms with Crippen LogP contribution in [0.25, 0.3) is 0 Å². The van der Waals surface area contributed by atoms with E-state index in [2.05, 4.69) is 45.0 Å². The first-order valence-electron chi connectivity index (χ1n) is 12.5. The quantitative estimate of drug-likeness (QED) is 0.638. The zero-order valence-corrected chi connectivity index (χ0v) is 21.0. The van der Waals surface area contributed by atoms with Gasteiger partial charge in [0.15, 0.2) is 5.78 Å². The maximum absolute atomic E-state index is 14.8.